The monoisotopic (exact) mass is 444 g/mol. The standard InChI is InChI=1S/C21H24N4O5S/c1-27-16-9-15(10-17(28-2)18(16)29-3)22-21(26)25-7-4-5-13(11-25)19-23-24-20(30-19)14-6-8-31-12-14/h6,8-10,12-13H,4-5,7,11H2,1-3H3,(H,22,26)/t13-/m0/s1. The summed E-state index contributed by atoms with van der Waals surface area (Å²) in [7, 11) is 4.60. The summed E-state index contributed by atoms with van der Waals surface area (Å²) in [4.78, 5) is 14.7. The number of ether oxygens (including phenoxy) is 3. The molecule has 164 valence electrons. The summed E-state index contributed by atoms with van der Waals surface area (Å²) in [6.45, 7) is 1.15. The van der Waals surface area contributed by atoms with Gasteiger partial charge in [0.15, 0.2) is 11.5 Å². The van der Waals surface area contributed by atoms with E-state index in [1.54, 1.807) is 28.4 Å². The number of carbonyl (C=O) groups excluding carboxylic acids is 1. The zero-order chi connectivity index (χ0) is 21.8. The predicted octanol–water partition coefficient (Wildman–Crippen LogP) is 4.24. The average molecular weight is 445 g/mol. The van der Waals surface area contributed by atoms with Crippen LogP contribution in [0.3, 0.4) is 0 Å². The van der Waals surface area contributed by atoms with E-state index in [4.69, 9.17) is 18.6 Å². The number of amides is 2. The largest absolute Gasteiger partial charge is 0.493 e. The Kier molecular flexibility index (Phi) is 6.26. The maximum absolute atomic E-state index is 12.9. The van der Waals surface area contributed by atoms with Crippen molar-refractivity contribution in [3.63, 3.8) is 0 Å². The number of carbonyl (C=O) groups is 1. The van der Waals surface area contributed by atoms with Crippen LogP contribution in [0.1, 0.15) is 24.7 Å². The molecular weight excluding hydrogens is 420 g/mol. The highest BCUT2D eigenvalue weighted by molar-refractivity contribution is 7.08. The summed E-state index contributed by atoms with van der Waals surface area (Å²) in [5.41, 5.74) is 1.47. The number of benzene rings is 1. The van der Waals surface area contributed by atoms with E-state index in [9.17, 15) is 4.79 Å². The molecule has 0 unspecified atom stereocenters. The summed E-state index contributed by atoms with van der Waals surface area (Å²) in [5.74, 6) is 2.49. The number of piperidine rings is 1. The predicted molar refractivity (Wildman–Crippen MR) is 116 cm³/mol. The number of likely N-dealkylation sites (tertiary alicyclic amines) is 1. The summed E-state index contributed by atoms with van der Waals surface area (Å²) >= 11 is 1.58. The molecule has 1 N–H and O–H groups in total. The minimum Gasteiger partial charge on any atom is -0.493 e. The quantitative estimate of drug-likeness (QED) is 0.607. The van der Waals surface area contributed by atoms with E-state index in [-0.39, 0.29) is 11.9 Å². The molecule has 2 aromatic heterocycles. The van der Waals surface area contributed by atoms with Crippen LogP contribution in [0.15, 0.2) is 33.4 Å². The van der Waals surface area contributed by atoms with Gasteiger partial charge in [0, 0.05) is 36.2 Å². The second-order valence-electron chi connectivity index (χ2n) is 7.09. The second kappa shape index (κ2) is 9.25. The fraction of sp³-hybridized carbons (Fsp3) is 0.381. The lowest BCUT2D eigenvalue weighted by atomic mass is 9.98. The van der Waals surface area contributed by atoms with Crippen molar-refractivity contribution in [2.75, 3.05) is 39.7 Å². The van der Waals surface area contributed by atoms with Gasteiger partial charge in [0.25, 0.3) is 0 Å². The Bertz CT molecular complexity index is 1010. The summed E-state index contributed by atoms with van der Waals surface area (Å²) in [6.07, 6.45) is 1.74. The molecule has 0 spiro atoms. The van der Waals surface area contributed by atoms with Gasteiger partial charge in [0.1, 0.15) is 0 Å². The minimum atomic E-state index is -0.212. The van der Waals surface area contributed by atoms with E-state index in [2.05, 4.69) is 15.5 Å². The summed E-state index contributed by atoms with van der Waals surface area (Å²) < 4.78 is 21.9. The number of aromatic nitrogens is 2. The smallest absolute Gasteiger partial charge is 0.321 e. The zero-order valence-corrected chi connectivity index (χ0v) is 18.4. The number of thiophene rings is 1. The van der Waals surface area contributed by atoms with E-state index in [1.807, 2.05) is 16.8 Å². The van der Waals surface area contributed by atoms with Crippen LogP contribution >= 0.6 is 11.3 Å². The van der Waals surface area contributed by atoms with Gasteiger partial charge in [0.05, 0.1) is 32.9 Å². The van der Waals surface area contributed by atoms with Crippen molar-refractivity contribution in [2.24, 2.45) is 0 Å². The first-order valence-electron chi connectivity index (χ1n) is 9.84. The first-order valence-corrected chi connectivity index (χ1v) is 10.8. The van der Waals surface area contributed by atoms with Crippen LogP contribution in [0.25, 0.3) is 11.5 Å². The molecule has 9 nitrogen and oxygen atoms in total. The van der Waals surface area contributed by atoms with Crippen LogP contribution in [0.4, 0.5) is 10.5 Å². The molecule has 31 heavy (non-hydrogen) atoms. The molecule has 1 saturated heterocycles. The number of nitrogens with zero attached hydrogens (tertiary/aromatic N) is 3. The molecule has 10 heteroatoms. The van der Waals surface area contributed by atoms with Crippen LogP contribution in [0, 0.1) is 0 Å². The van der Waals surface area contributed by atoms with Crippen LogP contribution in [0.2, 0.25) is 0 Å². The number of hydrogen-bond donors (Lipinski definition) is 1. The number of rotatable bonds is 6. The third kappa shape index (κ3) is 4.43. The number of urea groups is 1. The van der Waals surface area contributed by atoms with E-state index in [1.165, 1.54) is 21.3 Å². The average Bonchev–Trinajstić information content (AvgIpc) is 3.50. The number of nitrogens with one attached hydrogen (secondary N) is 1. The van der Waals surface area contributed by atoms with Gasteiger partial charge in [-0.25, -0.2) is 4.79 Å². The molecule has 1 fully saturated rings. The van der Waals surface area contributed by atoms with Crippen molar-refractivity contribution < 1.29 is 23.4 Å². The lowest BCUT2D eigenvalue weighted by molar-refractivity contribution is 0.187. The first kappa shape index (κ1) is 21.0. The van der Waals surface area contributed by atoms with Gasteiger partial charge in [-0.1, -0.05) is 0 Å². The van der Waals surface area contributed by atoms with Crippen molar-refractivity contribution in [1.29, 1.82) is 0 Å². The van der Waals surface area contributed by atoms with Crippen LogP contribution < -0.4 is 19.5 Å². The van der Waals surface area contributed by atoms with Crippen molar-refractivity contribution >= 4 is 23.1 Å². The van der Waals surface area contributed by atoms with Crippen LogP contribution in [-0.4, -0.2) is 55.5 Å². The fourth-order valence-electron chi connectivity index (χ4n) is 3.62. The number of anilines is 1. The molecule has 3 heterocycles. The highest BCUT2D eigenvalue weighted by Gasteiger charge is 2.29. The molecule has 1 aromatic carbocycles. The molecule has 1 aliphatic heterocycles. The molecule has 0 aliphatic carbocycles. The van der Waals surface area contributed by atoms with Gasteiger partial charge in [-0.05, 0) is 24.3 Å². The topological polar surface area (TPSA) is 99.0 Å². The van der Waals surface area contributed by atoms with Gasteiger partial charge in [-0.2, -0.15) is 11.3 Å². The van der Waals surface area contributed by atoms with Crippen LogP contribution in [-0.2, 0) is 0 Å². The molecule has 0 saturated carbocycles. The Labute approximate surface area is 183 Å². The SMILES string of the molecule is COc1cc(NC(=O)N2CCC[C@H](c3nnc(-c4ccsc4)o3)C2)cc(OC)c1OC. The van der Waals surface area contributed by atoms with Crippen molar-refractivity contribution in [1.82, 2.24) is 15.1 Å². The summed E-state index contributed by atoms with van der Waals surface area (Å²) in [5, 5.41) is 15.2. The van der Waals surface area contributed by atoms with Crippen LogP contribution in [0.5, 0.6) is 17.2 Å². The second-order valence-corrected chi connectivity index (χ2v) is 7.87. The third-order valence-electron chi connectivity index (χ3n) is 5.18. The molecule has 4 rings (SSSR count). The maximum atomic E-state index is 12.9. The molecule has 3 aromatic rings. The lowest BCUT2D eigenvalue weighted by Gasteiger charge is -2.31. The Balaban J connectivity index is 1.46. The Morgan fingerprint density at radius 3 is 2.61 bits per heavy atom. The number of methoxy groups -OCH3 is 3. The van der Waals surface area contributed by atoms with E-state index >= 15 is 0 Å². The first-order chi connectivity index (χ1) is 15.1. The zero-order valence-electron chi connectivity index (χ0n) is 17.6. The number of hydrogen-bond acceptors (Lipinski definition) is 8. The van der Waals surface area contributed by atoms with E-state index in [0.717, 1.165) is 18.4 Å². The van der Waals surface area contributed by atoms with Crippen molar-refractivity contribution in [3.05, 3.63) is 34.8 Å². The van der Waals surface area contributed by atoms with E-state index in [0.29, 0.717) is 47.8 Å². The molecule has 2 amide bonds. The van der Waals surface area contributed by atoms with Crippen molar-refractivity contribution in [2.45, 2.75) is 18.8 Å². The molecule has 0 radical (unpaired) electrons. The van der Waals surface area contributed by atoms with Gasteiger partial charge in [-0.15, -0.1) is 10.2 Å². The van der Waals surface area contributed by atoms with Gasteiger partial charge in [0.2, 0.25) is 17.5 Å². The van der Waals surface area contributed by atoms with Crippen molar-refractivity contribution in [3.8, 4) is 28.7 Å². The Morgan fingerprint density at radius 1 is 1.19 bits per heavy atom. The normalized spacial score (nSPS) is 16.1. The third-order valence-corrected chi connectivity index (χ3v) is 5.87. The minimum absolute atomic E-state index is 0.000625. The van der Waals surface area contributed by atoms with Gasteiger partial charge >= 0.3 is 6.03 Å². The summed E-state index contributed by atoms with van der Waals surface area (Å²) in [6, 6.07) is 5.13. The molecule has 1 atom stereocenters. The van der Waals surface area contributed by atoms with Gasteiger partial charge < -0.3 is 28.8 Å². The molecule has 1 aliphatic rings. The Morgan fingerprint density at radius 2 is 1.97 bits per heavy atom. The Hall–Kier alpha value is -3.27. The molecular formula is C21H24N4O5S. The lowest BCUT2D eigenvalue weighted by Crippen LogP contribution is -2.41. The highest BCUT2D eigenvalue weighted by atomic mass is 32.1. The highest BCUT2D eigenvalue weighted by Crippen LogP contribution is 2.40. The maximum Gasteiger partial charge on any atom is 0.321 e. The van der Waals surface area contributed by atoms with E-state index < -0.39 is 0 Å². The fourth-order valence-corrected chi connectivity index (χ4v) is 4.25. The van der Waals surface area contributed by atoms with Gasteiger partial charge in [-0.3, -0.25) is 0 Å². The molecule has 0 bridgehead atoms.